The Hall–Kier alpha value is -2.00. The lowest BCUT2D eigenvalue weighted by Gasteiger charge is -2.05. The summed E-state index contributed by atoms with van der Waals surface area (Å²) >= 11 is 5.89. The average Bonchev–Trinajstić information content (AvgIpc) is 2.38. The molecule has 2 aromatic rings. The van der Waals surface area contributed by atoms with Gasteiger partial charge in [0.25, 0.3) is 0 Å². The maximum absolute atomic E-state index is 11.5. The molecule has 98 valence electrons. The fourth-order valence-electron chi connectivity index (χ4n) is 1.75. The molecule has 19 heavy (non-hydrogen) atoms. The molecule has 1 N–H and O–H groups in total. The van der Waals surface area contributed by atoms with Gasteiger partial charge in [-0.05, 0) is 48.4 Å². The highest BCUT2D eigenvalue weighted by Crippen LogP contribution is 2.28. The van der Waals surface area contributed by atoms with Crippen molar-refractivity contribution in [2.45, 2.75) is 6.92 Å². The number of rotatable bonds is 3. The summed E-state index contributed by atoms with van der Waals surface area (Å²) < 4.78 is 4.91. The Kier molecular flexibility index (Phi) is 4.07. The van der Waals surface area contributed by atoms with E-state index in [1.165, 1.54) is 6.07 Å². The highest BCUT2D eigenvalue weighted by molar-refractivity contribution is 6.31. The maximum Gasteiger partial charge on any atom is 0.338 e. The van der Waals surface area contributed by atoms with Crippen molar-refractivity contribution in [3.8, 4) is 16.9 Å². The summed E-state index contributed by atoms with van der Waals surface area (Å²) in [5, 5.41) is 9.97. The first-order chi connectivity index (χ1) is 9.10. The molecule has 0 radical (unpaired) electrons. The first-order valence-corrected chi connectivity index (χ1v) is 6.25. The van der Waals surface area contributed by atoms with Gasteiger partial charge in [-0.3, -0.25) is 0 Å². The second-order valence-corrected chi connectivity index (χ2v) is 4.43. The van der Waals surface area contributed by atoms with Crippen molar-refractivity contribution in [2.75, 3.05) is 6.61 Å². The molecule has 0 spiro atoms. The fraction of sp³-hybridized carbons (Fsp3) is 0.133. The molecule has 0 saturated carbocycles. The van der Waals surface area contributed by atoms with Crippen molar-refractivity contribution in [3.05, 3.63) is 53.1 Å². The van der Waals surface area contributed by atoms with Gasteiger partial charge in [0, 0.05) is 5.02 Å². The number of phenols is 1. The summed E-state index contributed by atoms with van der Waals surface area (Å²) in [6.45, 7) is 2.11. The highest BCUT2D eigenvalue weighted by Gasteiger charge is 2.07. The Morgan fingerprint density at radius 1 is 1.16 bits per heavy atom. The van der Waals surface area contributed by atoms with Crippen LogP contribution in [0.2, 0.25) is 5.02 Å². The quantitative estimate of drug-likeness (QED) is 0.865. The molecular formula is C15H13ClO3. The van der Waals surface area contributed by atoms with Crippen LogP contribution in [-0.4, -0.2) is 17.7 Å². The topological polar surface area (TPSA) is 46.5 Å². The predicted octanol–water partition coefficient (Wildman–Crippen LogP) is 3.89. The van der Waals surface area contributed by atoms with E-state index in [4.69, 9.17) is 16.3 Å². The van der Waals surface area contributed by atoms with Gasteiger partial charge in [-0.15, -0.1) is 0 Å². The maximum atomic E-state index is 11.5. The Balaban J connectivity index is 2.29. The van der Waals surface area contributed by atoms with Crippen LogP contribution in [0, 0.1) is 0 Å². The summed E-state index contributed by atoms with van der Waals surface area (Å²) in [6.07, 6.45) is 0. The second kappa shape index (κ2) is 5.76. The monoisotopic (exact) mass is 276 g/mol. The molecular weight excluding hydrogens is 264 g/mol. The van der Waals surface area contributed by atoms with E-state index in [0.29, 0.717) is 17.2 Å². The lowest BCUT2D eigenvalue weighted by Crippen LogP contribution is -2.03. The molecule has 2 rings (SSSR count). The van der Waals surface area contributed by atoms with Crippen molar-refractivity contribution in [1.82, 2.24) is 0 Å². The SMILES string of the molecule is CCOC(=O)c1ccc(-c2cc(O)cc(Cl)c2)cc1. The van der Waals surface area contributed by atoms with E-state index in [2.05, 4.69) is 0 Å². The highest BCUT2D eigenvalue weighted by atomic mass is 35.5. The number of halogens is 1. The molecule has 0 bridgehead atoms. The molecule has 2 aromatic carbocycles. The van der Waals surface area contributed by atoms with Gasteiger partial charge in [-0.1, -0.05) is 23.7 Å². The molecule has 3 nitrogen and oxygen atoms in total. The fourth-order valence-corrected chi connectivity index (χ4v) is 1.98. The van der Waals surface area contributed by atoms with Crippen molar-refractivity contribution in [2.24, 2.45) is 0 Å². The zero-order valence-electron chi connectivity index (χ0n) is 10.4. The Labute approximate surface area is 116 Å². The Bertz CT molecular complexity index is 571. The minimum atomic E-state index is -0.344. The van der Waals surface area contributed by atoms with Crippen molar-refractivity contribution in [1.29, 1.82) is 0 Å². The zero-order valence-corrected chi connectivity index (χ0v) is 11.1. The second-order valence-electron chi connectivity index (χ2n) is 4.00. The van der Waals surface area contributed by atoms with Crippen LogP contribution < -0.4 is 0 Å². The van der Waals surface area contributed by atoms with Crippen LogP contribution in [0.25, 0.3) is 11.1 Å². The van der Waals surface area contributed by atoms with Gasteiger partial charge in [-0.25, -0.2) is 4.79 Å². The largest absolute Gasteiger partial charge is 0.508 e. The van der Waals surface area contributed by atoms with Gasteiger partial charge in [0.05, 0.1) is 12.2 Å². The van der Waals surface area contributed by atoms with Gasteiger partial charge in [0.2, 0.25) is 0 Å². The van der Waals surface area contributed by atoms with E-state index in [1.807, 2.05) is 0 Å². The number of hydrogen-bond donors (Lipinski definition) is 1. The third-order valence-electron chi connectivity index (χ3n) is 2.61. The molecule has 0 aliphatic rings. The summed E-state index contributed by atoms with van der Waals surface area (Å²) in [4.78, 5) is 11.5. The van der Waals surface area contributed by atoms with Gasteiger partial charge >= 0.3 is 5.97 Å². The summed E-state index contributed by atoms with van der Waals surface area (Å²) in [5.74, 6) is -0.236. The molecule has 0 atom stereocenters. The molecule has 0 saturated heterocycles. The third kappa shape index (κ3) is 3.26. The molecule has 0 heterocycles. The average molecular weight is 277 g/mol. The summed E-state index contributed by atoms with van der Waals surface area (Å²) in [7, 11) is 0. The van der Waals surface area contributed by atoms with E-state index in [9.17, 15) is 9.90 Å². The van der Waals surface area contributed by atoms with Crippen LogP contribution in [0.5, 0.6) is 5.75 Å². The van der Waals surface area contributed by atoms with E-state index < -0.39 is 0 Å². The number of esters is 1. The molecule has 0 aliphatic carbocycles. The minimum Gasteiger partial charge on any atom is -0.508 e. The smallest absolute Gasteiger partial charge is 0.338 e. The Morgan fingerprint density at radius 2 is 1.84 bits per heavy atom. The minimum absolute atomic E-state index is 0.108. The lowest BCUT2D eigenvalue weighted by atomic mass is 10.0. The van der Waals surface area contributed by atoms with Crippen molar-refractivity contribution < 1.29 is 14.6 Å². The predicted molar refractivity (Wildman–Crippen MR) is 74.5 cm³/mol. The number of ether oxygens (including phenoxy) is 1. The molecule has 0 fully saturated rings. The van der Waals surface area contributed by atoms with E-state index in [-0.39, 0.29) is 11.7 Å². The van der Waals surface area contributed by atoms with Gasteiger partial charge in [0.1, 0.15) is 5.75 Å². The van der Waals surface area contributed by atoms with Crippen LogP contribution in [0.3, 0.4) is 0 Å². The van der Waals surface area contributed by atoms with Crippen LogP contribution in [0.15, 0.2) is 42.5 Å². The van der Waals surface area contributed by atoms with E-state index in [1.54, 1.807) is 43.3 Å². The molecule has 0 aliphatic heterocycles. The normalized spacial score (nSPS) is 10.2. The lowest BCUT2D eigenvalue weighted by molar-refractivity contribution is 0.0526. The standard InChI is InChI=1S/C15H13ClO3/c1-2-19-15(18)11-5-3-10(4-6-11)12-7-13(16)9-14(17)8-12/h3-9,17H,2H2,1H3. The number of carbonyl (C=O) groups excluding carboxylic acids is 1. The number of phenolic OH excluding ortho intramolecular Hbond substituents is 1. The van der Waals surface area contributed by atoms with Crippen LogP contribution >= 0.6 is 11.6 Å². The first-order valence-electron chi connectivity index (χ1n) is 5.87. The molecule has 0 amide bonds. The number of hydrogen-bond acceptors (Lipinski definition) is 3. The third-order valence-corrected chi connectivity index (χ3v) is 2.83. The van der Waals surface area contributed by atoms with Crippen LogP contribution in [-0.2, 0) is 4.74 Å². The van der Waals surface area contributed by atoms with Gasteiger partial charge in [-0.2, -0.15) is 0 Å². The molecule has 4 heteroatoms. The number of carbonyl (C=O) groups is 1. The Morgan fingerprint density at radius 3 is 2.42 bits per heavy atom. The molecule has 0 unspecified atom stereocenters. The van der Waals surface area contributed by atoms with Gasteiger partial charge in [0.15, 0.2) is 0 Å². The van der Waals surface area contributed by atoms with E-state index >= 15 is 0 Å². The summed E-state index contributed by atoms with van der Waals surface area (Å²) in [5.41, 5.74) is 2.16. The van der Waals surface area contributed by atoms with E-state index in [0.717, 1.165) is 11.1 Å². The van der Waals surface area contributed by atoms with Crippen molar-refractivity contribution in [3.63, 3.8) is 0 Å². The summed E-state index contributed by atoms with van der Waals surface area (Å²) in [6, 6.07) is 11.8. The van der Waals surface area contributed by atoms with Crippen LogP contribution in [0.1, 0.15) is 17.3 Å². The number of aromatic hydroxyl groups is 1. The zero-order chi connectivity index (χ0) is 13.8. The first kappa shape index (κ1) is 13.4. The van der Waals surface area contributed by atoms with Crippen LogP contribution in [0.4, 0.5) is 0 Å². The van der Waals surface area contributed by atoms with Gasteiger partial charge < -0.3 is 9.84 Å². The van der Waals surface area contributed by atoms with Crippen molar-refractivity contribution >= 4 is 17.6 Å². The molecule has 0 aromatic heterocycles. The number of benzene rings is 2.